The van der Waals surface area contributed by atoms with E-state index in [1.807, 2.05) is 31.1 Å². The van der Waals surface area contributed by atoms with Gasteiger partial charge in [0.15, 0.2) is 0 Å². The third-order valence-corrected chi connectivity index (χ3v) is 4.36. The summed E-state index contributed by atoms with van der Waals surface area (Å²) in [6.07, 6.45) is 2.22. The number of amides is 2. The summed E-state index contributed by atoms with van der Waals surface area (Å²) in [6, 6.07) is 3.97. The van der Waals surface area contributed by atoms with E-state index in [0.717, 1.165) is 24.5 Å². The Bertz CT molecular complexity index is 556. The number of hydrogen-bond acceptors (Lipinski definition) is 5. The maximum atomic E-state index is 12.1. The molecule has 2 rings (SSSR count). The van der Waals surface area contributed by atoms with Gasteiger partial charge in [0.05, 0.1) is 12.2 Å². The minimum absolute atomic E-state index is 0.158. The van der Waals surface area contributed by atoms with Gasteiger partial charge in [0, 0.05) is 58.1 Å². The van der Waals surface area contributed by atoms with Gasteiger partial charge in [-0.1, -0.05) is 6.07 Å². The van der Waals surface area contributed by atoms with Crippen LogP contribution in [0.1, 0.15) is 26.3 Å². The Labute approximate surface area is 150 Å². The molecule has 1 fully saturated rings. The summed E-state index contributed by atoms with van der Waals surface area (Å²) in [5.41, 5.74) is 0.992. The molecule has 2 heterocycles. The Morgan fingerprint density at radius 2 is 2.04 bits per heavy atom. The first kappa shape index (κ1) is 19.5. The Morgan fingerprint density at radius 3 is 2.68 bits per heavy atom. The summed E-state index contributed by atoms with van der Waals surface area (Å²) in [5, 5.41) is 5.87. The number of pyridine rings is 1. The number of morpholine rings is 1. The number of hydrogen-bond donors (Lipinski definition) is 2. The number of rotatable bonds is 6. The zero-order valence-electron chi connectivity index (χ0n) is 16.0. The van der Waals surface area contributed by atoms with Gasteiger partial charge in [-0.15, -0.1) is 0 Å². The second-order valence-electron chi connectivity index (χ2n) is 7.00. The molecule has 1 aliphatic rings. The Balaban J connectivity index is 1.77. The smallest absolute Gasteiger partial charge is 0.315 e. The van der Waals surface area contributed by atoms with E-state index in [-0.39, 0.29) is 24.3 Å². The van der Waals surface area contributed by atoms with Crippen molar-refractivity contribution in [2.45, 2.75) is 45.6 Å². The van der Waals surface area contributed by atoms with E-state index < -0.39 is 0 Å². The first-order valence-corrected chi connectivity index (χ1v) is 8.89. The van der Waals surface area contributed by atoms with Crippen molar-refractivity contribution in [3.63, 3.8) is 0 Å². The van der Waals surface area contributed by atoms with Crippen LogP contribution in [0.5, 0.6) is 0 Å². The van der Waals surface area contributed by atoms with E-state index in [4.69, 9.17) is 4.74 Å². The highest BCUT2D eigenvalue weighted by Gasteiger charge is 2.25. The zero-order chi connectivity index (χ0) is 18.4. The molecule has 1 aliphatic heterocycles. The van der Waals surface area contributed by atoms with Crippen molar-refractivity contribution in [3.8, 4) is 0 Å². The number of ether oxygens (including phenoxy) is 1. The summed E-state index contributed by atoms with van der Waals surface area (Å²) in [4.78, 5) is 20.8. The van der Waals surface area contributed by atoms with E-state index >= 15 is 0 Å². The molecule has 25 heavy (non-hydrogen) atoms. The molecule has 7 nitrogen and oxygen atoms in total. The molecule has 7 heteroatoms. The van der Waals surface area contributed by atoms with Gasteiger partial charge in [-0.2, -0.15) is 0 Å². The minimum Gasteiger partial charge on any atom is -0.373 e. The monoisotopic (exact) mass is 349 g/mol. The van der Waals surface area contributed by atoms with Crippen LogP contribution < -0.4 is 15.5 Å². The molecule has 0 radical (unpaired) electrons. The molecule has 1 aromatic heterocycles. The van der Waals surface area contributed by atoms with E-state index in [1.165, 1.54) is 0 Å². The maximum absolute atomic E-state index is 12.1. The van der Waals surface area contributed by atoms with Crippen molar-refractivity contribution in [3.05, 3.63) is 23.9 Å². The molecular weight excluding hydrogens is 318 g/mol. The van der Waals surface area contributed by atoms with E-state index in [9.17, 15) is 4.79 Å². The zero-order valence-corrected chi connectivity index (χ0v) is 16.0. The minimum atomic E-state index is -0.158. The SMILES string of the molecule is C[C@@H]1CN([C@@H](C)CNC(=O)NCc2cccnc2N(C)C)C[C@H](C)O1. The predicted molar refractivity (Wildman–Crippen MR) is 99.8 cm³/mol. The van der Waals surface area contributed by atoms with Crippen LogP contribution >= 0.6 is 0 Å². The lowest BCUT2D eigenvalue weighted by Gasteiger charge is -2.38. The molecule has 2 N–H and O–H groups in total. The van der Waals surface area contributed by atoms with Gasteiger partial charge in [0.25, 0.3) is 0 Å². The largest absolute Gasteiger partial charge is 0.373 e. The predicted octanol–water partition coefficient (Wildman–Crippen LogP) is 1.44. The molecule has 0 bridgehead atoms. The van der Waals surface area contributed by atoms with Crippen molar-refractivity contribution in [1.82, 2.24) is 20.5 Å². The lowest BCUT2D eigenvalue weighted by atomic mass is 10.2. The number of aromatic nitrogens is 1. The molecule has 2 amide bonds. The standard InChI is InChI=1S/C18H31N5O2/c1-13(23-11-14(2)25-15(3)12-23)9-20-18(24)21-10-16-7-6-8-19-17(16)22(4)5/h6-8,13-15H,9-12H2,1-5H3,(H2,20,21,24)/t13-,14-,15+/m0/s1. The first-order valence-electron chi connectivity index (χ1n) is 8.89. The quantitative estimate of drug-likeness (QED) is 0.813. The number of carbonyl (C=O) groups excluding carboxylic acids is 1. The summed E-state index contributed by atoms with van der Waals surface area (Å²) in [6.45, 7) is 9.17. The van der Waals surface area contributed by atoms with Crippen LogP contribution in [-0.4, -0.2) is 67.9 Å². The fourth-order valence-electron chi connectivity index (χ4n) is 3.16. The van der Waals surface area contributed by atoms with Crippen molar-refractivity contribution >= 4 is 11.8 Å². The highest BCUT2D eigenvalue weighted by atomic mass is 16.5. The number of anilines is 1. The molecule has 0 aliphatic carbocycles. The molecule has 3 atom stereocenters. The average Bonchev–Trinajstić information content (AvgIpc) is 2.57. The fourth-order valence-corrected chi connectivity index (χ4v) is 3.16. The van der Waals surface area contributed by atoms with Crippen LogP contribution in [0.15, 0.2) is 18.3 Å². The second-order valence-corrected chi connectivity index (χ2v) is 7.00. The van der Waals surface area contributed by atoms with E-state index in [2.05, 4.69) is 41.3 Å². The van der Waals surface area contributed by atoms with Crippen molar-refractivity contribution in [2.24, 2.45) is 0 Å². The Kier molecular flexibility index (Phi) is 7.01. The van der Waals surface area contributed by atoms with Crippen LogP contribution in [0, 0.1) is 0 Å². The molecule has 0 unspecified atom stereocenters. The molecule has 1 saturated heterocycles. The molecule has 140 valence electrons. The first-order chi connectivity index (χ1) is 11.9. The summed E-state index contributed by atoms with van der Waals surface area (Å²) in [7, 11) is 3.88. The van der Waals surface area contributed by atoms with Gasteiger partial charge in [0.1, 0.15) is 5.82 Å². The summed E-state index contributed by atoms with van der Waals surface area (Å²) < 4.78 is 5.76. The lowest BCUT2D eigenvalue weighted by Crippen LogP contribution is -2.52. The third kappa shape index (κ3) is 5.86. The van der Waals surface area contributed by atoms with Crippen molar-refractivity contribution < 1.29 is 9.53 Å². The molecule has 1 aromatic rings. The van der Waals surface area contributed by atoms with Gasteiger partial charge in [-0.05, 0) is 26.8 Å². The summed E-state index contributed by atoms with van der Waals surface area (Å²) >= 11 is 0. The second kappa shape index (κ2) is 9.01. The maximum Gasteiger partial charge on any atom is 0.315 e. The topological polar surface area (TPSA) is 69.7 Å². The van der Waals surface area contributed by atoms with Crippen LogP contribution in [0.2, 0.25) is 0 Å². The van der Waals surface area contributed by atoms with Gasteiger partial charge >= 0.3 is 6.03 Å². The molecular formula is C18H31N5O2. The highest BCUT2D eigenvalue weighted by Crippen LogP contribution is 2.14. The molecule has 0 aromatic carbocycles. The van der Waals surface area contributed by atoms with Gasteiger partial charge in [-0.3, -0.25) is 4.90 Å². The van der Waals surface area contributed by atoms with Crippen molar-refractivity contribution in [1.29, 1.82) is 0 Å². The van der Waals surface area contributed by atoms with Crippen molar-refractivity contribution in [2.75, 3.05) is 38.6 Å². The number of nitrogens with zero attached hydrogens (tertiary/aromatic N) is 3. The average molecular weight is 349 g/mol. The van der Waals surface area contributed by atoms with Crippen LogP contribution in [0.4, 0.5) is 10.6 Å². The fraction of sp³-hybridized carbons (Fsp3) is 0.667. The Hall–Kier alpha value is -1.86. The van der Waals surface area contributed by atoms with E-state index in [0.29, 0.717) is 13.1 Å². The number of carbonyl (C=O) groups is 1. The third-order valence-electron chi connectivity index (χ3n) is 4.36. The normalized spacial score (nSPS) is 22.3. The van der Waals surface area contributed by atoms with Crippen LogP contribution in [0.25, 0.3) is 0 Å². The molecule has 0 spiro atoms. The molecule has 0 saturated carbocycles. The Morgan fingerprint density at radius 1 is 1.36 bits per heavy atom. The van der Waals surface area contributed by atoms with Gasteiger partial charge in [-0.25, -0.2) is 9.78 Å². The van der Waals surface area contributed by atoms with Crippen LogP contribution in [-0.2, 0) is 11.3 Å². The number of nitrogens with one attached hydrogen (secondary N) is 2. The lowest BCUT2D eigenvalue weighted by molar-refractivity contribution is -0.0778. The van der Waals surface area contributed by atoms with Gasteiger partial charge < -0.3 is 20.3 Å². The van der Waals surface area contributed by atoms with Gasteiger partial charge in [0.2, 0.25) is 0 Å². The van der Waals surface area contributed by atoms with Crippen LogP contribution in [0.3, 0.4) is 0 Å². The number of urea groups is 1. The highest BCUT2D eigenvalue weighted by molar-refractivity contribution is 5.74. The van der Waals surface area contributed by atoms with E-state index in [1.54, 1.807) is 6.20 Å². The summed E-state index contributed by atoms with van der Waals surface area (Å²) in [5.74, 6) is 0.868.